The molecule has 2 amide bonds. The predicted molar refractivity (Wildman–Crippen MR) is 90.0 cm³/mol. The van der Waals surface area contributed by atoms with Gasteiger partial charge in [-0.1, -0.05) is 32.1 Å². The fourth-order valence-electron chi connectivity index (χ4n) is 3.30. The molecule has 5 nitrogen and oxygen atoms in total. The van der Waals surface area contributed by atoms with Crippen molar-refractivity contribution < 1.29 is 9.59 Å². The van der Waals surface area contributed by atoms with E-state index in [4.69, 9.17) is 0 Å². The van der Waals surface area contributed by atoms with Crippen LogP contribution in [0.1, 0.15) is 57.8 Å². The number of aromatic nitrogens is 1. The average molecular weight is 315 g/mol. The molecule has 0 spiro atoms. The Kier molecular flexibility index (Phi) is 5.26. The van der Waals surface area contributed by atoms with Crippen LogP contribution in [-0.4, -0.2) is 16.8 Å². The molecule has 0 bridgehead atoms. The van der Waals surface area contributed by atoms with Crippen molar-refractivity contribution in [3.8, 4) is 0 Å². The van der Waals surface area contributed by atoms with E-state index in [0.29, 0.717) is 17.9 Å². The van der Waals surface area contributed by atoms with Crippen molar-refractivity contribution in [1.82, 2.24) is 4.98 Å². The third kappa shape index (κ3) is 4.53. The molecule has 1 aromatic rings. The zero-order chi connectivity index (χ0) is 16.1. The maximum Gasteiger partial charge on any atom is 0.227 e. The SMILES string of the molecule is O=C(CCC1CCCC1)Nc1ccc(NC(=O)C2CCC2)cn1. The van der Waals surface area contributed by atoms with Crippen LogP contribution in [0.15, 0.2) is 18.3 Å². The number of hydrogen-bond donors (Lipinski definition) is 2. The number of carbonyl (C=O) groups is 2. The lowest BCUT2D eigenvalue weighted by atomic mass is 9.85. The van der Waals surface area contributed by atoms with Gasteiger partial charge in [-0.05, 0) is 37.3 Å². The normalized spacial score (nSPS) is 18.4. The number of carbonyl (C=O) groups excluding carboxylic acids is 2. The lowest BCUT2D eigenvalue weighted by Crippen LogP contribution is -2.28. The molecule has 2 N–H and O–H groups in total. The Morgan fingerprint density at radius 2 is 1.83 bits per heavy atom. The molecule has 5 heteroatoms. The first kappa shape index (κ1) is 16.0. The van der Waals surface area contributed by atoms with Gasteiger partial charge in [-0.2, -0.15) is 0 Å². The van der Waals surface area contributed by atoms with Gasteiger partial charge in [0.05, 0.1) is 11.9 Å². The Bertz CT molecular complexity index is 546. The van der Waals surface area contributed by atoms with E-state index in [0.717, 1.165) is 31.6 Å². The summed E-state index contributed by atoms with van der Waals surface area (Å²) in [5.74, 6) is 1.52. The molecule has 2 saturated carbocycles. The van der Waals surface area contributed by atoms with Crippen molar-refractivity contribution in [2.24, 2.45) is 11.8 Å². The lowest BCUT2D eigenvalue weighted by molar-refractivity contribution is -0.122. The molecule has 0 atom stereocenters. The third-order valence-electron chi connectivity index (χ3n) is 5.03. The molecule has 3 rings (SSSR count). The van der Waals surface area contributed by atoms with E-state index in [9.17, 15) is 9.59 Å². The summed E-state index contributed by atoms with van der Waals surface area (Å²) in [5.41, 5.74) is 0.686. The van der Waals surface area contributed by atoms with Crippen molar-refractivity contribution in [3.05, 3.63) is 18.3 Å². The number of pyridine rings is 1. The van der Waals surface area contributed by atoms with Gasteiger partial charge in [0.2, 0.25) is 11.8 Å². The fourth-order valence-corrected chi connectivity index (χ4v) is 3.30. The van der Waals surface area contributed by atoms with Gasteiger partial charge in [-0.3, -0.25) is 9.59 Å². The Morgan fingerprint density at radius 3 is 2.43 bits per heavy atom. The third-order valence-corrected chi connectivity index (χ3v) is 5.03. The molecule has 2 fully saturated rings. The van der Waals surface area contributed by atoms with Crippen LogP contribution < -0.4 is 10.6 Å². The van der Waals surface area contributed by atoms with Gasteiger partial charge in [0, 0.05) is 12.3 Å². The highest BCUT2D eigenvalue weighted by atomic mass is 16.2. The van der Waals surface area contributed by atoms with Gasteiger partial charge < -0.3 is 10.6 Å². The summed E-state index contributed by atoms with van der Waals surface area (Å²) in [4.78, 5) is 28.0. The second kappa shape index (κ2) is 7.57. The molecule has 0 saturated heterocycles. The first-order chi connectivity index (χ1) is 11.2. The average Bonchev–Trinajstić information content (AvgIpc) is 2.99. The molecule has 0 aromatic carbocycles. The van der Waals surface area contributed by atoms with E-state index in [2.05, 4.69) is 15.6 Å². The highest BCUT2D eigenvalue weighted by molar-refractivity contribution is 5.93. The zero-order valence-corrected chi connectivity index (χ0v) is 13.5. The zero-order valence-electron chi connectivity index (χ0n) is 13.5. The Balaban J connectivity index is 1.42. The Labute approximate surface area is 137 Å². The van der Waals surface area contributed by atoms with E-state index >= 15 is 0 Å². The van der Waals surface area contributed by atoms with Crippen LogP contribution >= 0.6 is 0 Å². The number of rotatable bonds is 6. The van der Waals surface area contributed by atoms with Crippen LogP contribution in [0.5, 0.6) is 0 Å². The fraction of sp³-hybridized carbons (Fsp3) is 0.611. The number of nitrogens with zero attached hydrogens (tertiary/aromatic N) is 1. The van der Waals surface area contributed by atoms with Crippen LogP contribution in [0.4, 0.5) is 11.5 Å². The predicted octanol–water partition coefficient (Wildman–Crippen LogP) is 3.73. The van der Waals surface area contributed by atoms with Crippen LogP contribution in [0.3, 0.4) is 0 Å². The number of nitrogens with one attached hydrogen (secondary N) is 2. The van der Waals surface area contributed by atoms with E-state index in [1.165, 1.54) is 25.7 Å². The minimum Gasteiger partial charge on any atom is -0.324 e. The molecular formula is C18H25N3O2. The molecule has 0 unspecified atom stereocenters. The summed E-state index contributed by atoms with van der Waals surface area (Å²) >= 11 is 0. The van der Waals surface area contributed by atoms with Gasteiger partial charge in [0.15, 0.2) is 0 Å². The van der Waals surface area contributed by atoms with Crippen molar-refractivity contribution >= 4 is 23.3 Å². The van der Waals surface area contributed by atoms with E-state index in [-0.39, 0.29) is 17.7 Å². The van der Waals surface area contributed by atoms with Crippen LogP contribution in [0.25, 0.3) is 0 Å². The topological polar surface area (TPSA) is 71.1 Å². The molecule has 1 heterocycles. The molecule has 124 valence electrons. The van der Waals surface area contributed by atoms with Gasteiger partial charge in [0.1, 0.15) is 5.82 Å². The molecule has 0 aliphatic heterocycles. The Morgan fingerprint density at radius 1 is 1.04 bits per heavy atom. The minimum atomic E-state index is 0.0238. The van der Waals surface area contributed by atoms with Gasteiger partial charge >= 0.3 is 0 Å². The highest BCUT2D eigenvalue weighted by Gasteiger charge is 2.25. The van der Waals surface area contributed by atoms with Crippen LogP contribution in [-0.2, 0) is 9.59 Å². The summed E-state index contributed by atoms with van der Waals surface area (Å²) in [6.07, 6.45) is 11.4. The van der Waals surface area contributed by atoms with E-state index < -0.39 is 0 Å². The van der Waals surface area contributed by atoms with Crippen molar-refractivity contribution in [1.29, 1.82) is 0 Å². The summed E-state index contributed by atoms with van der Waals surface area (Å²) in [5, 5.41) is 5.70. The monoisotopic (exact) mass is 315 g/mol. The quantitative estimate of drug-likeness (QED) is 0.840. The molecule has 0 radical (unpaired) electrons. The number of hydrogen-bond acceptors (Lipinski definition) is 3. The number of amides is 2. The smallest absolute Gasteiger partial charge is 0.227 e. The second-order valence-corrected chi connectivity index (χ2v) is 6.79. The summed E-state index contributed by atoms with van der Waals surface area (Å²) in [6.45, 7) is 0. The van der Waals surface area contributed by atoms with Gasteiger partial charge in [-0.25, -0.2) is 4.98 Å². The van der Waals surface area contributed by atoms with E-state index in [1.54, 1.807) is 18.3 Å². The summed E-state index contributed by atoms with van der Waals surface area (Å²) in [7, 11) is 0. The maximum atomic E-state index is 11.9. The van der Waals surface area contributed by atoms with Crippen molar-refractivity contribution in [2.75, 3.05) is 10.6 Å². The molecule has 23 heavy (non-hydrogen) atoms. The van der Waals surface area contributed by atoms with Gasteiger partial charge in [0.25, 0.3) is 0 Å². The summed E-state index contributed by atoms with van der Waals surface area (Å²) in [6, 6.07) is 3.53. The molecule has 2 aliphatic carbocycles. The second-order valence-electron chi connectivity index (χ2n) is 6.79. The minimum absolute atomic E-state index is 0.0238. The van der Waals surface area contributed by atoms with Crippen LogP contribution in [0, 0.1) is 11.8 Å². The number of anilines is 2. The molecule has 2 aliphatic rings. The summed E-state index contributed by atoms with van der Waals surface area (Å²) < 4.78 is 0. The molecule has 1 aromatic heterocycles. The van der Waals surface area contributed by atoms with E-state index in [1.807, 2.05) is 0 Å². The largest absolute Gasteiger partial charge is 0.324 e. The standard InChI is InChI=1S/C18H25N3O2/c22-17(11-8-13-4-1-2-5-13)21-16-10-9-15(12-19-16)20-18(23)14-6-3-7-14/h9-10,12-14H,1-8,11H2,(H,20,23)(H,19,21,22). The van der Waals surface area contributed by atoms with Crippen LogP contribution in [0.2, 0.25) is 0 Å². The highest BCUT2D eigenvalue weighted by Crippen LogP contribution is 2.29. The maximum absolute atomic E-state index is 11.9. The lowest BCUT2D eigenvalue weighted by Gasteiger charge is -2.23. The molecular weight excluding hydrogens is 290 g/mol. The first-order valence-electron chi connectivity index (χ1n) is 8.77. The Hall–Kier alpha value is -1.91. The first-order valence-corrected chi connectivity index (χ1v) is 8.77. The van der Waals surface area contributed by atoms with Gasteiger partial charge in [-0.15, -0.1) is 0 Å². The van der Waals surface area contributed by atoms with Crippen molar-refractivity contribution in [3.63, 3.8) is 0 Å². The van der Waals surface area contributed by atoms with Crippen molar-refractivity contribution in [2.45, 2.75) is 57.8 Å².